The van der Waals surface area contributed by atoms with E-state index < -0.39 is 0 Å². The lowest BCUT2D eigenvalue weighted by Crippen LogP contribution is -2.55. The zero-order chi connectivity index (χ0) is 8.85. The Morgan fingerprint density at radius 3 is 2.00 bits per heavy atom. The number of hydrogen-bond donors (Lipinski definition) is 0. The van der Waals surface area contributed by atoms with Gasteiger partial charge < -0.3 is 0 Å². The predicted molar refractivity (Wildman–Crippen MR) is 46.2 cm³/mol. The largest absolute Gasteiger partial charge is 0.299 e. The van der Waals surface area contributed by atoms with E-state index in [9.17, 15) is 4.79 Å². The van der Waals surface area contributed by atoms with Gasteiger partial charge >= 0.3 is 0 Å². The zero-order valence-electron chi connectivity index (χ0n) is 7.92. The van der Waals surface area contributed by atoms with Crippen LogP contribution in [0.1, 0.15) is 20.8 Å². The Bertz CT molecular complexity index is 125. The Balaban J connectivity index is 0.000000461. The minimum Gasteiger partial charge on any atom is -0.299 e. The minimum atomic E-state index is 0.238. The molecule has 0 aromatic rings. The molecule has 0 atom stereocenters. The summed E-state index contributed by atoms with van der Waals surface area (Å²) in [5.41, 5.74) is 0. The molecule has 1 rings (SSSR count). The fourth-order valence-corrected chi connectivity index (χ4v) is 0.898. The standard InChI is InChI=1S/C6H12N2O.C2H6/c1-6(9)5-8-4-3-7(8)2;1-2/h3-5H2,1-2H3;1-2H3. The first-order valence-electron chi connectivity index (χ1n) is 4.15. The minimum absolute atomic E-state index is 0.238. The highest BCUT2D eigenvalue weighted by molar-refractivity contribution is 5.77. The fraction of sp³-hybridized carbons (Fsp3) is 0.875. The topological polar surface area (TPSA) is 23.6 Å². The molecule has 0 amide bonds. The summed E-state index contributed by atoms with van der Waals surface area (Å²) in [6, 6.07) is 0. The van der Waals surface area contributed by atoms with Crippen LogP contribution in [-0.4, -0.2) is 42.5 Å². The molecule has 1 aliphatic rings. The molecule has 0 spiro atoms. The lowest BCUT2D eigenvalue weighted by Gasteiger charge is -2.40. The molecule has 11 heavy (non-hydrogen) atoms. The molecule has 0 N–H and O–H groups in total. The van der Waals surface area contributed by atoms with Crippen LogP contribution in [0.3, 0.4) is 0 Å². The van der Waals surface area contributed by atoms with E-state index in [4.69, 9.17) is 0 Å². The Labute approximate surface area is 68.9 Å². The van der Waals surface area contributed by atoms with E-state index >= 15 is 0 Å². The van der Waals surface area contributed by atoms with Crippen LogP contribution in [-0.2, 0) is 4.79 Å². The molecule has 0 aliphatic carbocycles. The summed E-state index contributed by atoms with van der Waals surface area (Å²) >= 11 is 0. The molecule has 3 heteroatoms. The second kappa shape index (κ2) is 5.27. The number of hydrazine groups is 1. The summed E-state index contributed by atoms with van der Waals surface area (Å²) in [6.45, 7) is 8.33. The lowest BCUT2D eigenvalue weighted by atomic mass is 10.3. The number of carbonyl (C=O) groups excluding carboxylic acids is 1. The van der Waals surface area contributed by atoms with E-state index in [1.165, 1.54) is 0 Å². The van der Waals surface area contributed by atoms with Crippen LogP contribution in [0.25, 0.3) is 0 Å². The van der Waals surface area contributed by atoms with E-state index in [-0.39, 0.29) is 5.78 Å². The van der Waals surface area contributed by atoms with E-state index in [0.717, 1.165) is 13.1 Å². The van der Waals surface area contributed by atoms with Gasteiger partial charge in [0.2, 0.25) is 0 Å². The highest BCUT2D eigenvalue weighted by atomic mass is 16.1. The van der Waals surface area contributed by atoms with Crippen molar-refractivity contribution in [3.05, 3.63) is 0 Å². The fourth-order valence-electron chi connectivity index (χ4n) is 0.898. The van der Waals surface area contributed by atoms with Crippen molar-refractivity contribution in [1.29, 1.82) is 0 Å². The van der Waals surface area contributed by atoms with Crippen LogP contribution in [0.15, 0.2) is 0 Å². The van der Waals surface area contributed by atoms with E-state index in [1.807, 2.05) is 25.9 Å². The molecule has 0 unspecified atom stereocenters. The molecule has 1 heterocycles. The third kappa shape index (κ3) is 3.49. The highest BCUT2D eigenvalue weighted by Gasteiger charge is 2.21. The zero-order valence-corrected chi connectivity index (χ0v) is 7.92. The second-order valence-corrected chi connectivity index (χ2v) is 2.47. The van der Waals surface area contributed by atoms with Crippen LogP contribution in [0.2, 0.25) is 0 Å². The van der Waals surface area contributed by atoms with Gasteiger partial charge in [-0.25, -0.2) is 10.0 Å². The maximum absolute atomic E-state index is 10.5. The van der Waals surface area contributed by atoms with Crippen LogP contribution in [0, 0.1) is 0 Å². The summed E-state index contributed by atoms with van der Waals surface area (Å²) in [6.07, 6.45) is 0. The van der Waals surface area contributed by atoms with Gasteiger partial charge in [0, 0.05) is 20.1 Å². The van der Waals surface area contributed by atoms with Gasteiger partial charge in [-0.05, 0) is 6.92 Å². The molecule has 0 saturated carbocycles. The van der Waals surface area contributed by atoms with Gasteiger partial charge in [-0.15, -0.1) is 0 Å². The molecule has 3 nitrogen and oxygen atoms in total. The summed E-state index contributed by atoms with van der Waals surface area (Å²) in [4.78, 5) is 10.5. The molecular formula is C8H18N2O. The number of likely N-dealkylation sites (N-methyl/N-ethyl adjacent to an activating group) is 1. The Kier molecular flexibility index (Phi) is 5.07. The number of carbonyl (C=O) groups is 1. The van der Waals surface area contributed by atoms with Gasteiger partial charge in [-0.3, -0.25) is 4.79 Å². The van der Waals surface area contributed by atoms with Gasteiger partial charge in [-0.2, -0.15) is 0 Å². The van der Waals surface area contributed by atoms with Crippen molar-refractivity contribution < 1.29 is 4.79 Å². The smallest absolute Gasteiger partial charge is 0.145 e. The maximum atomic E-state index is 10.5. The van der Waals surface area contributed by atoms with Crippen molar-refractivity contribution in [3.63, 3.8) is 0 Å². The average Bonchev–Trinajstić information content (AvgIpc) is 2.01. The molecule has 1 saturated heterocycles. The van der Waals surface area contributed by atoms with Gasteiger partial charge in [-0.1, -0.05) is 13.8 Å². The number of Topliss-reactive ketones (excluding diaryl/α,β-unsaturated/α-hetero) is 1. The number of rotatable bonds is 2. The number of nitrogens with zero attached hydrogens (tertiary/aromatic N) is 2. The predicted octanol–water partition coefficient (Wildman–Crippen LogP) is 0.764. The first kappa shape index (κ1) is 10.6. The Hall–Kier alpha value is -0.410. The Morgan fingerprint density at radius 2 is 1.91 bits per heavy atom. The summed E-state index contributed by atoms with van der Waals surface area (Å²) in [7, 11) is 1.99. The van der Waals surface area contributed by atoms with Gasteiger partial charge in [0.05, 0.1) is 6.54 Å². The highest BCUT2D eigenvalue weighted by Crippen LogP contribution is 2.04. The second-order valence-electron chi connectivity index (χ2n) is 2.47. The van der Waals surface area contributed by atoms with Crippen LogP contribution >= 0.6 is 0 Å². The third-order valence-corrected chi connectivity index (χ3v) is 1.57. The van der Waals surface area contributed by atoms with Crippen molar-refractivity contribution >= 4 is 5.78 Å². The van der Waals surface area contributed by atoms with Crippen molar-refractivity contribution in [2.45, 2.75) is 20.8 Å². The lowest BCUT2D eigenvalue weighted by molar-refractivity contribution is -0.133. The molecule has 0 radical (unpaired) electrons. The SMILES string of the molecule is CC.CC(=O)CN1CCN1C. The molecule has 1 aliphatic heterocycles. The third-order valence-electron chi connectivity index (χ3n) is 1.57. The molecule has 0 aromatic heterocycles. The summed E-state index contributed by atoms with van der Waals surface area (Å²) in [5.74, 6) is 0.238. The van der Waals surface area contributed by atoms with E-state index in [1.54, 1.807) is 6.92 Å². The van der Waals surface area contributed by atoms with Gasteiger partial charge in [0.25, 0.3) is 0 Å². The van der Waals surface area contributed by atoms with Crippen molar-refractivity contribution in [2.75, 3.05) is 26.7 Å². The first-order chi connectivity index (χ1) is 5.20. The van der Waals surface area contributed by atoms with Crippen LogP contribution < -0.4 is 0 Å². The molecule has 1 fully saturated rings. The maximum Gasteiger partial charge on any atom is 0.145 e. The Morgan fingerprint density at radius 1 is 1.36 bits per heavy atom. The quantitative estimate of drug-likeness (QED) is 0.593. The molecule has 0 bridgehead atoms. The number of ketones is 1. The first-order valence-corrected chi connectivity index (χ1v) is 4.15. The number of hydrogen-bond acceptors (Lipinski definition) is 3. The van der Waals surface area contributed by atoms with Crippen molar-refractivity contribution in [2.24, 2.45) is 0 Å². The van der Waals surface area contributed by atoms with Crippen LogP contribution in [0.5, 0.6) is 0 Å². The summed E-state index contributed by atoms with van der Waals surface area (Å²) < 4.78 is 0. The average molecular weight is 158 g/mol. The molecule has 66 valence electrons. The monoisotopic (exact) mass is 158 g/mol. The van der Waals surface area contributed by atoms with Gasteiger partial charge in [0.15, 0.2) is 0 Å². The van der Waals surface area contributed by atoms with Crippen molar-refractivity contribution in [1.82, 2.24) is 10.0 Å². The van der Waals surface area contributed by atoms with E-state index in [2.05, 4.69) is 5.01 Å². The van der Waals surface area contributed by atoms with Gasteiger partial charge in [0.1, 0.15) is 5.78 Å². The van der Waals surface area contributed by atoms with Crippen molar-refractivity contribution in [3.8, 4) is 0 Å². The van der Waals surface area contributed by atoms with E-state index in [0.29, 0.717) is 6.54 Å². The molecule has 0 aromatic carbocycles. The normalized spacial score (nSPS) is 18.2. The van der Waals surface area contributed by atoms with Crippen LogP contribution in [0.4, 0.5) is 0 Å². The molecular weight excluding hydrogens is 140 g/mol. The summed E-state index contributed by atoms with van der Waals surface area (Å²) in [5, 5.41) is 4.09.